The molecule has 0 aromatic carbocycles. The van der Waals surface area contributed by atoms with Gasteiger partial charge in [-0.3, -0.25) is 18.9 Å². The minimum Gasteiger partial charge on any atom is -0.444 e. The summed E-state index contributed by atoms with van der Waals surface area (Å²) in [6.45, 7) is 74.7. The minimum atomic E-state index is -3.36. The zero-order valence-electron chi connectivity index (χ0n) is 90.7. The maximum Gasteiger partial charge on any atom is 1.00 e. The molecule has 6 unspecified atom stereocenters. The zero-order valence-corrected chi connectivity index (χ0v) is 93.5. The molecule has 0 radical (unpaired) electrons. The number of ether oxygens (including phenoxy) is 6. The molecule has 802 valence electrons. The molecule has 1 saturated carbocycles. The van der Waals surface area contributed by atoms with Gasteiger partial charge in [-0.15, -0.1) is 0 Å². The summed E-state index contributed by atoms with van der Waals surface area (Å²) in [6, 6.07) is 1.29. The summed E-state index contributed by atoms with van der Waals surface area (Å²) in [5.74, 6) is 0.912. The van der Waals surface area contributed by atoms with Gasteiger partial charge in [0.15, 0.2) is 0 Å². The Bertz CT molecular complexity index is 2820. The predicted molar refractivity (Wildman–Crippen MR) is 558 cm³/mol. The van der Waals surface area contributed by atoms with E-state index < -0.39 is 49.8 Å². The second-order valence-electron chi connectivity index (χ2n) is 40.6. The van der Waals surface area contributed by atoms with E-state index in [1.165, 1.54) is 154 Å². The van der Waals surface area contributed by atoms with Gasteiger partial charge in [0.05, 0.1) is 12.9 Å². The summed E-state index contributed by atoms with van der Waals surface area (Å²) in [7, 11) is -3.36. The van der Waals surface area contributed by atoms with Gasteiger partial charge < -0.3 is 97.8 Å². The fourth-order valence-electron chi connectivity index (χ4n) is 12.6. The van der Waals surface area contributed by atoms with Crippen LogP contribution in [0.3, 0.4) is 0 Å². The number of unbranched alkanes of at least 4 members (excludes halogenated alkanes) is 6. The molecule has 0 heterocycles. The molecule has 0 bridgehead atoms. The Morgan fingerprint density at radius 2 is 0.615 bits per heavy atom. The Morgan fingerprint density at radius 3 is 0.815 bits per heavy atom. The number of nitrogens with one attached hydrogen (secondary N) is 6. The number of hydrogen-bond acceptors (Lipinski definition) is 23. The SMILES string of the molecule is C.C.C1CC1.CC(C)(C)OC(=O)NCCCCC(N)CN.CC(CCCCNC(=O)OC(C)(C)C)CN=[N+]=[N-].CC(CCCCNC(=O)OC(C)(C)C)COS(C)(=O)=O.CC(CO)CCCCNC(=O)OC(C)(C)C.CCCN(CCC)CC(CCCCNC(=O)OC(C)(C)C)N(CCC)CCC.CCCN(CCC)CC(CCCCNC(=O)OC(C)(C)C)N(CCC)CCC.[N-]=[N+]=[N-].[Na+]. The molecule has 0 spiro atoms. The number of nitrogens with zero attached hydrogens (tertiary/aromatic N) is 10. The molecular formula is C99H213N18NaO16S. The molecule has 6 amide bonds. The van der Waals surface area contributed by atoms with E-state index in [2.05, 4.69) is 124 Å². The van der Waals surface area contributed by atoms with Crippen molar-refractivity contribution in [3.8, 4) is 0 Å². The normalized spacial score (nSPS) is 12.9. The molecule has 6 atom stereocenters. The Balaban J connectivity index is -0.000000173. The standard InChI is InChI=1S/2C23H49N3O2.C13H27NO5S.C12H24N4O2.C12H25NO3.C11H25N3O2.C3H6.2CH4.N3.Na/c2*1-8-16-25(17-9-2)20-21(26(18-10-3)19-11-4)14-12-13-15-24-22(27)28-23(5,6)7;1-11(10-18-20(5,16)17)8-6-7-9-14-12(15)19-13(2,3)4;1-10(9-15-16-13)7-5-6-8-14-11(17)18-12(2,3)4;1-10(9-14)7-5-6-8-13-11(15)16-12(2,3)4;1-11(2,3)16-10(15)14-7-5-4-6-9(13)8-12;1-2-3-1;;;1-3-2;/h2*21H,8-20H2,1-7H3,(H,24,27);11H,6-10H2,1-5H3,(H,14,15);10H,5-9H2,1-4H3,(H,14,17);10,14H,5-9H2,1-4H3,(H,13,15);9H,4-8,12-13H2,1-3H3,(H,14,15);1-3H2;2*1H4;;/q;;;;;;;;;-1;+1. The van der Waals surface area contributed by atoms with E-state index in [-0.39, 0.29) is 100 Å². The van der Waals surface area contributed by atoms with Crippen LogP contribution in [-0.4, -0.2) is 259 Å². The van der Waals surface area contributed by atoms with Gasteiger partial charge in [0.1, 0.15) is 33.6 Å². The average Bonchev–Trinajstić information content (AvgIpc) is 1.55. The van der Waals surface area contributed by atoms with E-state index in [4.69, 9.17) is 65.8 Å². The number of carbonyl (C=O) groups excluding carboxylic acids is 6. The molecule has 1 aliphatic rings. The number of nitrogens with two attached hydrogens (primary N) is 2. The van der Waals surface area contributed by atoms with Gasteiger partial charge in [-0.25, -0.2) is 28.8 Å². The number of aliphatic hydroxyl groups is 1. The van der Waals surface area contributed by atoms with Gasteiger partial charge in [0.25, 0.3) is 10.1 Å². The number of amides is 6. The van der Waals surface area contributed by atoms with E-state index in [1.807, 2.05) is 138 Å². The quantitative estimate of drug-likeness (QED) is 0.00519. The van der Waals surface area contributed by atoms with Gasteiger partial charge in [-0.2, -0.15) is 8.42 Å². The Morgan fingerprint density at radius 1 is 0.393 bits per heavy atom. The van der Waals surface area contributed by atoms with Gasteiger partial charge in [-0.1, -0.05) is 160 Å². The summed E-state index contributed by atoms with van der Waals surface area (Å²) in [5, 5.41) is 28.9. The molecule has 0 aromatic rings. The molecule has 34 nitrogen and oxygen atoms in total. The Kier molecular flexibility index (Phi) is 104. The smallest absolute Gasteiger partial charge is 0.444 e. The zero-order chi connectivity index (χ0) is 103. The van der Waals surface area contributed by atoms with Crippen LogP contribution in [0.4, 0.5) is 28.8 Å². The maximum atomic E-state index is 11.8. The molecule has 36 heteroatoms. The average molecular weight is 1970 g/mol. The third-order valence-corrected chi connectivity index (χ3v) is 19.0. The van der Waals surface area contributed by atoms with Gasteiger partial charge in [0.2, 0.25) is 0 Å². The van der Waals surface area contributed by atoms with Crippen molar-refractivity contribution in [1.82, 2.24) is 51.5 Å². The van der Waals surface area contributed by atoms with Crippen molar-refractivity contribution in [2.24, 2.45) is 34.3 Å². The topological polar surface area (TPSA) is 466 Å². The van der Waals surface area contributed by atoms with Crippen molar-refractivity contribution < 1.29 is 104 Å². The Hall–Kier alpha value is -5.13. The molecule has 1 rings (SSSR count). The van der Waals surface area contributed by atoms with Crippen molar-refractivity contribution >= 4 is 46.7 Å². The fourth-order valence-corrected chi connectivity index (χ4v) is 13.0. The summed E-state index contributed by atoms with van der Waals surface area (Å²) >= 11 is 0. The Labute approximate surface area is 848 Å². The van der Waals surface area contributed by atoms with Gasteiger partial charge >= 0.3 is 66.1 Å². The molecular weight excluding hydrogens is 1750 g/mol. The van der Waals surface area contributed by atoms with Gasteiger partial charge in [-0.05, 0) is 322 Å². The van der Waals surface area contributed by atoms with Crippen molar-refractivity contribution in [1.29, 1.82) is 0 Å². The molecule has 1 aliphatic carbocycles. The van der Waals surface area contributed by atoms with E-state index in [1.54, 1.807) is 0 Å². The minimum absolute atomic E-state index is 0. The number of hydrogen-bond donors (Lipinski definition) is 9. The first-order chi connectivity index (χ1) is 61.5. The second kappa shape index (κ2) is 93.8. The number of azide groups is 1. The van der Waals surface area contributed by atoms with E-state index in [0.717, 1.165) is 109 Å². The van der Waals surface area contributed by atoms with Crippen LogP contribution in [0.5, 0.6) is 0 Å². The largest absolute Gasteiger partial charge is 1.00 e. The van der Waals surface area contributed by atoms with Crippen LogP contribution in [0.25, 0.3) is 26.4 Å². The van der Waals surface area contributed by atoms with Crippen LogP contribution in [0.15, 0.2) is 5.11 Å². The van der Waals surface area contributed by atoms with Crippen LogP contribution in [0, 0.1) is 17.8 Å². The first kappa shape index (κ1) is 150. The maximum absolute atomic E-state index is 11.8. The molecule has 0 aromatic heterocycles. The van der Waals surface area contributed by atoms with E-state index >= 15 is 0 Å². The van der Waals surface area contributed by atoms with Crippen LogP contribution in [0.1, 0.15) is 402 Å². The molecule has 135 heavy (non-hydrogen) atoms. The number of rotatable bonds is 59. The number of aliphatic hydroxyl groups excluding tert-OH is 1. The molecule has 0 saturated heterocycles. The third-order valence-electron chi connectivity index (χ3n) is 18.5. The number of alkyl carbamates (subject to hydrolysis) is 6. The van der Waals surface area contributed by atoms with E-state index in [0.29, 0.717) is 76.3 Å². The van der Waals surface area contributed by atoms with Crippen molar-refractivity contribution in [2.45, 2.75) is 454 Å². The van der Waals surface area contributed by atoms with Crippen LogP contribution in [-0.2, 0) is 42.7 Å². The fraction of sp³-hybridized carbons (Fsp3) is 0.939. The monoisotopic (exact) mass is 1970 g/mol. The van der Waals surface area contributed by atoms with Gasteiger partial charge in [0, 0.05) is 95.1 Å². The molecule has 11 N–H and O–H groups in total. The summed E-state index contributed by atoms with van der Waals surface area (Å²) in [6.07, 6.45) is 30.9. The summed E-state index contributed by atoms with van der Waals surface area (Å²) in [4.78, 5) is 83.6. The van der Waals surface area contributed by atoms with Crippen molar-refractivity contribution in [3.63, 3.8) is 0 Å². The van der Waals surface area contributed by atoms with Crippen molar-refractivity contribution in [2.75, 3.05) is 137 Å². The van der Waals surface area contributed by atoms with Crippen LogP contribution in [0.2, 0.25) is 0 Å². The first-order valence-electron chi connectivity index (χ1n) is 50.1. The first-order valence-corrected chi connectivity index (χ1v) is 51.9. The molecule has 0 aliphatic heterocycles. The van der Waals surface area contributed by atoms with E-state index in [9.17, 15) is 37.2 Å². The second-order valence-corrected chi connectivity index (χ2v) is 42.2. The summed E-state index contributed by atoms with van der Waals surface area (Å²) in [5.41, 5.74) is 30.1. The van der Waals surface area contributed by atoms with Crippen LogP contribution >= 0.6 is 0 Å². The van der Waals surface area contributed by atoms with Crippen molar-refractivity contribution in [3.05, 3.63) is 26.4 Å². The number of carbonyl (C=O) groups is 6. The van der Waals surface area contributed by atoms with Crippen LogP contribution < -0.4 is 72.9 Å². The third kappa shape index (κ3) is 127. The molecule has 1 fully saturated rings. The predicted octanol–water partition coefficient (Wildman–Crippen LogP) is 20.1. The summed E-state index contributed by atoms with van der Waals surface area (Å²) < 4.78 is 57.4.